The van der Waals surface area contributed by atoms with E-state index in [1.54, 1.807) is 10.7 Å². The molecule has 3 aromatic rings. The standard InChI is InChI=1S/C20H16Cl2N2O/c1-2-14-6-10-20(19(22)11-14)24-18(12-17(13-25)23-24)9-5-15-3-7-16(21)8-4-15/h3-13H,2H2,1H3/b9-5+. The number of nitrogens with zero attached hydrogens (tertiary/aromatic N) is 2. The molecule has 0 N–H and O–H groups in total. The highest BCUT2D eigenvalue weighted by Gasteiger charge is 2.11. The van der Waals surface area contributed by atoms with Gasteiger partial charge in [-0.2, -0.15) is 5.10 Å². The van der Waals surface area contributed by atoms with Crippen LogP contribution in [0, 0.1) is 0 Å². The van der Waals surface area contributed by atoms with Crippen molar-refractivity contribution in [3.05, 3.63) is 81.1 Å². The number of halogens is 2. The van der Waals surface area contributed by atoms with Gasteiger partial charge in [0, 0.05) is 5.02 Å². The fourth-order valence-corrected chi connectivity index (χ4v) is 2.89. The maximum absolute atomic E-state index is 11.2. The Kier molecular flexibility index (Phi) is 5.37. The maximum Gasteiger partial charge on any atom is 0.170 e. The van der Waals surface area contributed by atoms with Gasteiger partial charge in [0.15, 0.2) is 6.29 Å². The van der Waals surface area contributed by atoms with Crippen LogP contribution in [-0.2, 0) is 6.42 Å². The molecular formula is C20H16Cl2N2O. The SMILES string of the molecule is CCc1ccc(-n2nc(C=O)cc2/C=C/c2ccc(Cl)cc2)c(Cl)c1. The van der Waals surface area contributed by atoms with Crippen molar-refractivity contribution >= 4 is 41.6 Å². The Bertz CT molecular complexity index is 927. The monoisotopic (exact) mass is 370 g/mol. The molecule has 0 atom stereocenters. The van der Waals surface area contributed by atoms with Gasteiger partial charge in [-0.25, -0.2) is 4.68 Å². The van der Waals surface area contributed by atoms with Crippen molar-refractivity contribution in [3.8, 4) is 5.69 Å². The summed E-state index contributed by atoms with van der Waals surface area (Å²) < 4.78 is 1.68. The molecule has 0 fully saturated rings. The van der Waals surface area contributed by atoms with Gasteiger partial charge in [0.25, 0.3) is 0 Å². The van der Waals surface area contributed by atoms with Crippen LogP contribution >= 0.6 is 23.2 Å². The van der Waals surface area contributed by atoms with Gasteiger partial charge in [0.2, 0.25) is 0 Å². The first-order chi connectivity index (χ1) is 12.1. The zero-order chi connectivity index (χ0) is 17.8. The first-order valence-electron chi connectivity index (χ1n) is 7.88. The van der Waals surface area contributed by atoms with Crippen LogP contribution in [0.3, 0.4) is 0 Å². The molecule has 0 unspecified atom stereocenters. The third kappa shape index (κ3) is 4.01. The van der Waals surface area contributed by atoms with E-state index in [1.165, 1.54) is 0 Å². The van der Waals surface area contributed by atoms with Crippen LogP contribution in [0.1, 0.15) is 34.2 Å². The van der Waals surface area contributed by atoms with E-state index in [0.29, 0.717) is 15.7 Å². The van der Waals surface area contributed by atoms with Crippen molar-refractivity contribution in [1.82, 2.24) is 9.78 Å². The molecule has 25 heavy (non-hydrogen) atoms. The van der Waals surface area contributed by atoms with Crippen LogP contribution in [0.15, 0.2) is 48.5 Å². The first-order valence-corrected chi connectivity index (χ1v) is 8.64. The number of hydrogen-bond donors (Lipinski definition) is 0. The summed E-state index contributed by atoms with van der Waals surface area (Å²) in [7, 11) is 0. The Labute approximate surface area is 156 Å². The minimum Gasteiger partial charge on any atom is -0.296 e. The average molecular weight is 371 g/mol. The lowest BCUT2D eigenvalue weighted by Gasteiger charge is -2.08. The van der Waals surface area contributed by atoms with Crippen molar-refractivity contribution in [3.63, 3.8) is 0 Å². The number of aryl methyl sites for hydroxylation is 1. The summed E-state index contributed by atoms with van der Waals surface area (Å²) in [4.78, 5) is 11.2. The second-order valence-electron chi connectivity index (χ2n) is 5.55. The summed E-state index contributed by atoms with van der Waals surface area (Å²) >= 11 is 12.3. The molecule has 2 aromatic carbocycles. The highest BCUT2D eigenvalue weighted by Crippen LogP contribution is 2.24. The first kappa shape index (κ1) is 17.5. The fraction of sp³-hybridized carbons (Fsp3) is 0.100. The molecular weight excluding hydrogens is 355 g/mol. The van der Waals surface area contributed by atoms with Gasteiger partial charge in [-0.3, -0.25) is 4.79 Å². The van der Waals surface area contributed by atoms with E-state index in [1.807, 2.05) is 54.6 Å². The molecule has 0 spiro atoms. The number of benzene rings is 2. The van der Waals surface area contributed by atoms with E-state index < -0.39 is 0 Å². The van der Waals surface area contributed by atoms with Gasteiger partial charge in [-0.1, -0.05) is 54.4 Å². The Morgan fingerprint density at radius 2 is 1.80 bits per heavy atom. The normalized spacial score (nSPS) is 11.2. The smallest absolute Gasteiger partial charge is 0.170 e. The van der Waals surface area contributed by atoms with Crippen molar-refractivity contribution in [2.75, 3.05) is 0 Å². The lowest BCUT2D eigenvalue weighted by Crippen LogP contribution is -2.01. The summed E-state index contributed by atoms with van der Waals surface area (Å²) in [6, 6.07) is 15.1. The van der Waals surface area contributed by atoms with Crippen molar-refractivity contribution < 1.29 is 4.79 Å². The molecule has 0 amide bonds. The molecule has 5 heteroatoms. The van der Waals surface area contributed by atoms with Crippen LogP contribution in [-0.4, -0.2) is 16.1 Å². The second kappa shape index (κ2) is 7.68. The van der Waals surface area contributed by atoms with Gasteiger partial charge in [-0.05, 0) is 54.0 Å². The highest BCUT2D eigenvalue weighted by molar-refractivity contribution is 6.32. The predicted molar refractivity (Wildman–Crippen MR) is 104 cm³/mol. The number of aldehydes is 1. The Balaban J connectivity index is 2.01. The van der Waals surface area contributed by atoms with Gasteiger partial charge in [-0.15, -0.1) is 0 Å². The van der Waals surface area contributed by atoms with Gasteiger partial charge in [0.1, 0.15) is 5.69 Å². The van der Waals surface area contributed by atoms with Crippen LogP contribution in [0.2, 0.25) is 10.0 Å². The number of rotatable bonds is 5. The molecule has 0 saturated carbocycles. The Morgan fingerprint density at radius 3 is 2.44 bits per heavy atom. The highest BCUT2D eigenvalue weighted by atomic mass is 35.5. The number of carbonyl (C=O) groups excluding carboxylic acids is 1. The molecule has 0 radical (unpaired) electrons. The minimum atomic E-state index is 0.353. The molecule has 0 bridgehead atoms. The van der Waals surface area contributed by atoms with E-state index >= 15 is 0 Å². The number of aromatic nitrogens is 2. The third-order valence-corrected chi connectivity index (χ3v) is 4.40. The Morgan fingerprint density at radius 1 is 1.04 bits per heavy atom. The minimum absolute atomic E-state index is 0.353. The van der Waals surface area contributed by atoms with E-state index in [9.17, 15) is 4.79 Å². The van der Waals surface area contributed by atoms with Crippen LogP contribution in [0.25, 0.3) is 17.8 Å². The van der Waals surface area contributed by atoms with Gasteiger partial charge < -0.3 is 0 Å². The molecule has 1 heterocycles. The summed E-state index contributed by atoms with van der Waals surface area (Å²) in [6.45, 7) is 2.07. The van der Waals surface area contributed by atoms with Crippen LogP contribution in [0.5, 0.6) is 0 Å². The maximum atomic E-state index is 11.2. The van der Waals surface area contributed by atoms with Crippen molar-refractivity contribution in [2.24, 2.45) is 0 Å². The molecule has 3 nitrogen and oxygen atoms in total. The summed E-state index contributed by atoms with van der Waals surface area (Å²) in [5.41, 5.74) is 4.00. The lowest BCUT2D eigenvalue weighted by atomic mass is 10.1. The third-order valence-electron chi connectivity index (χ3n) is 3.84. The number of carbonyl (C=O) groups is 1. The molecule has 126 valence electrons. The quantitative estimate of drug-likeness (QED) is 0.537. The molecule has 1 aromatic heterocycles. The van der Waals surface area contributed by atoms with Crippen molar-refractivity contribution in [1.29, 1.82) is 0 Å². The topological polar surface area (TPSA) is 34.9 Å². The lowest BCUT2D eigenvalue weighted by molar-refractivity contribution is 0.111. The van der Waals surface area contributed by atoms with E-state index in [2.05, 4.69) is 12.0 Å². The molecule has 3 rings (SSSR count). The fourth-order valence-electron chi connectivity index (χ4n) is 2.48. The molecule has 0 aliphatic heterocycles. The van der Waals surface area contributed by atoms with E-state index in [-0.39, 0.29) is 0 Å². The van der Waals surface area contributed by atoms with Crippen LogP contribution < -0.4 is 0 Å². The zero-order valence-electron chi connectivity index (χ0n) is 13.6. The van der Waals surface area contributed by atoms with Gasteiger partial charge in [0.05, 0.1) is 16.4 Å². The summed E-state index contributed by atoms with van der Waals surface area (Å²) in [5.74, 6) is 0. The second-order valence-corrected chi connectivity index (χ2v) is 6.39. The zero-order valence-corrected chi connectivity index (χ0v) is 15.1. The molecule has 0 aliphatic rings. The molecule has 0 saturated heterocycles. The predicted octanol–water partition coefficient (Wildman–Crippen LogP) is 5.72. The van der Waals surface area contributed by atoms with Crippen LogP contribution in [0.4, 0.5) is 0 Å². The van der Waals surface area contributed by atoms with E-state index in [4.69, 9.17) is 23.2 Å². The van der Waals surface area contributed by atoms with E-state index in [0.717, 1.165) is 35.2 Å². The largest absolute Gasteiger partial charge is 0.296 e. The van der Waals surface area contributed by atoms with Crippen molar-refractivity contribution in [2.45, 2.75) is 13.3 Å². The number of hydrogen-bond acceptors (Lipinski definition) is 2. The summed E-state index contributed by atoms with van der Waals surface area (Å²) in [5, 5.41) is 5.62. The van der Waals surface area contributed by atoms with Gasteiger partial charge >= 0.3 is 0 Å². The average Bonchev–Trinajstić information content (AvgIpc) is 3.04. The Hall–Kier alpha value is -2.36. The molecule has 0 aliphatic carbocycles. The summed E-state index contributed by atoms with van der Waals surface area (Å²) in [6.07, 6.45) is 5.46.